The molecule has 0 heterocycles. The molecule has 114 valence electrons. The summed E-state index contributed by atoms with van der Waals surface area (Å²) in [5.74, 6) is 0.592. The number of ether oxygens (including phenoxy) is 1. The van der Waals surface area contributed by atoms with E-state index in [4.69, 9.17) is 16.3 Å². The second-order valence-corrected chi connectivity index (χ2v) is 5.27. The van der Waals surface area contributed by atoms with Crippen LogP contribution in [0.25, 0.3) is 6.08 Å². The first-order valence-corrected chi connectivity index (χ1v) is 7.42. The van der Waals surface area contributed by atoms with Crippen LogP contribution in [0.15, 0.2) is 54.6 Å². The first-order valence-electron chi connectivity index (χ1n) is 7.04. The van der Waals surface area contributed by atoms with Crippen molar-refractivity contribution >= 4 is 23.6 Å². The van der Waals surface area contributed by atoms with Crippen LogP contribution in [-0.4, -0.2) is 19.1 Å². The largest absolute Gasteiger partial charge is 0.492 e. The molecule has 0 aromatic heterocycles. The van der Waals surface area contributed by atoms with Gasteiger partial charge in [-0.15, -0.1) is 0 Å². The molecule has 2 aromatic carbocycles. The van der Waals surface area contributed by atoms with Gasteiger partial charge in [0.25, 0.3) is 0 Å². The molecule has 1 N–H and O–H groups in total. The third-order valence-electron chi connectivity index (χ3n) is 2.99. The third kappa shape index (κ3) is 5.62. The summed E-state index contributed by atoms with van der Waals surface area (Å²) in [6.45, 7) is 2.88. The Balaban J connectivity index is 1.69. The molecule has 3 nitrogen and oxygen atoms in total. The predicted molar refractivity (Wildman–Crippen MR) is 90.2 cm³/mol. The first kappa shape index (κ1) is 16.1. The van der Waals surface area contributed by atoms with Gasteiger partial charge in [0.15, 0.2) is 0 Å². The van der Waals surface area contributed by atoms with E-state index in [2.05, 4.69) is 5.32 Å². The van der Waals surface area contributed by atoms with Crippen LogP contribution in [0.4, 0.5) is 0 Å². The third-order valence-corrected chi connectivity index (χ3v) is 3.24. The zero-order chi connectivity index (χ0) is 15.8. The van der Waals surface area contributed by atoms with E-state index in [1.54, 1.807) is 30.3 Å². The maximum absolute atomic E-state index is 11.7. The average molecular weight is 316 g/mol. The Hall–Kier alpha value is -2.26. The van der Waals surface area contributed by atoms with Gasteiger partial charge in [-0.1, -0.05) is 41.4 Å². The lowest BCUT2D eigenvalue weighted by atomic mass is 10.1. The van der Waals surface area contributed by atoms with Gasteiger partial charge in [-0.25, -0.2) is 0 Å². The number of amides is 1. The zero-order valence-electron chi connectivity index (χ0n) is 12.4. The van der Waals surface area contributed by atoms with Crippen LogP contribution in [-0.2, 0) is 4.79 Å². The molecule has 0 aliphatic heterocycles. The second kappa shape index (κ2) is 8.25. The van der Waals surface area contributed by atoms with Crippen molar-refractivity contribution in [2.24, 2.45) is 0 Å². The number of benzene rings is 2. The fourth-order valence-electron chi connectivity index (χ4n) is 1.78. The van der Waals surface area contributed by atoms with E-state index in [0.29, 0.717) is 18.2 Å². The lowest BCUT2D eigenvalue weighted by molar-refractivity contribution is -0.116. The summed E-state index contributed by atoms with van der Waals surface area (Å²) >= 11 is 5.79. The van der Waals surface area contributed by atoms with Crippen LogP contribution in [0.1, 0.15) is 11.1 Å². The molecular weight excluding hydrogens is 298 g/mol. The van der Waals surface area contributed by atoms with Crippen molar-refractivity contribution in [3.05, 3.63) is 70.8 Å². The minimum Gasteiger partial charge on any atom is -0.492 e. The number of hydrogen-bond donors (Lipinski definition) is 1. The Kier molecular flexibility index (Phi) is 6.04. The molecular formula is C18H18ClNO2. The van der Waals surface area contributed by atoms with Crippen molar-refractivity contribution < 1.29 is 9.53 Å². The van der Waals surface area contributed by atoms with E-state index in [1.165, 1.54) is 11.6 Å². The smallest absolute Gasteiger partial charge is 0.244 e. The zero-order valence-corrected chi connectivity index (χ0v) is 13.1. The highest BCUT2D eigenvalue weighted by molar-refractivity contribution is 6.30. The van der Waals surface area contributed by atoms with Gasteiger partial charge in [-0.2, -0.15) is 0 Å². The lowest BCUT2D eigenvalue weighted by Crippen LogP contribution is -2.26. The quantitative estimate of drug-likeness (QED) is 0.649. The Morgan fingerprint density at radius 3 is 2.50 bits per heavy atom. The highest BCUT2D eigenvalue weighted by Gasteiger charge is 1.97. The molecule has 0 saturated heterocycles. The van der Waals surface area contributed by atoms with E-state index in [9.17, 15) is 4.79 Å². The van der Waals surface area contributed by atoms with Crippen LogP contribution in [0.2, 0.25) is 5.02 Å². The standard InChI is InChI=1S/C18H18ClNO2/c1-14-2-4-15(5-3-14)6-11-18(21)20-12-13-22-17-9-7-16(19)8-10-17/h2-11H,12-13H2,1H3,(H,20,21)/b11-6+. The summed E-state index contributed by atoms with van der Waals surface area (Å²) in [6.07, 6.45) is 3.31. The second-order valence-electron chi connectivity index (χ2n) is 4.84. The molecule has 2 rings (SSSR count). The van der Waals surface area contributed by atoms with Crippen molar-refractivity contribution in [1.29, 1.82) is 0 Å². The van der Waals surface area contributed by atoms with Gasteiger partial charge in [-0.3, -0.25) is 4.79 Å². The number of carbonyl (C=O) groups is 1. The van der Waals surface area contributed by atoms with Crippen LogP contribution in [0.3, 0.4) is 0 Å². The normalized spacial score (nSPS) is 10.6. The molecule has 0 fully saturated rings. The SMILES string of the molecule is Cc1ccc(/C=C/C(=O)NCCOc2ccc(Cl)cc2)cc1. The van der Waals surface area contributed by atoms with Crippen LogP contribution < -0.4 is 10.1 Å². The van der Waals surface area contributed by atoms with Crippen molar-refractivity contribution in [3.8, 4) is 5.75 Å². The molecule has 0 radical (unpaired) electrons. The maximum Gasteiger partial charge on any atom is 0.244 e. The number of aryl methyl sites for hydroxylation is 1. The maximum atomic E-state index is 11.7. The molecule has 1 amide bonds. The van der Waals surface area contributed by atoms with E-state index < -0.39 is 0 Å². The first-order chi connectivity index (χ1) is 10.6. The van der Waals surface area contributed by atoms with Gasteiger partial charge >= 0.3 is 0 Å². The fraction of sp³-hybridized carbons (Fsp3) is 0.167. The summed E-state index contributed by atoms with van der Waals surface area (Å²) in [7, 11) is 0. The highest BCUT2D eigenvalue weighted by atomic mass is 35.5. The Morgan fingerprint density at radius 1 is 1.14 bits per heavy atom. The average Bonchev–Trinajstić information content (AvgIpc) is 2.53. The van der Waals surface area contributed by atoms with Crippen LogP contribution in [0, 0.1) is 6.92 Å². The molecule has 22 heavy (non-hydrogen) atoms. The molecule has 4 heteroatoms. The molecule has 0 aliphatic carbocycles. The molecule has 0 aliphatic rings. The Labute approximate surface area is 135 Å². The summed E-state index contributed by atoms with van der Waals surface area (Å²) in [5, 5.41) is 3.44. The van der Waals surface area contributed by atoms with Crippen LogP contribution >= 0.6 is 11.6 Å². The monoisotopic (exact) mass is 315 g/mol. The summed E-state index contributed by atoms with van der Waals surface area (Å²) < 4.78 is 5.49. The molecule has 2 aromatic rings. The molecule has 0 saturated carbocycles. The van der Waals surface area contributed by atoms with Crippen molar-refractivity contribution in [2.75, 3.05) is 13.2 Å². The van der Waals surface area contributed by atoms with Crippen LogP contribution in [0.5, 0.6) is 5.75 Å². The predicted octanol–water partition coefficient (Wildman–Crippen LogP) is 3.86. The molecule has 0 unspecified atom stereocenters. The number of carbonyl (C=O) groups excluding carboxylic acids is 1. The molecule has 0 bridgehead atoms. The van der Waals surface area contributed by atoms with Crippen molar-refractivity contribution in [2.45, 2.75) is 6.92 Å². The summed E-state index contributed by atoms with van der Waals surface area (Å²) in [5.41, 5.74) is 2.19. The number of nitrogens with one attached hydrogen (secondary N) is 1. The van der Waals surface area contributed by atoms with Crippen molar-refractivity contribution in [1.82, 2.24) is 5.32 Å². The fourth-order valence-corrected chi connectivity index (χ4v) is 1.91. The van der Waals surface area contributed by atoms with Gasteiger partial charge in [0, 0.05) is 11.1 Å². The topological polar surface area (TPSA) is 38.3 Å². The van der Waals surface area contributed by atoms with Gasteiger partial charge in [-0.05, 0) is 42.8 Å². The number of rotatable bonds is 6. The van der Waals surface area contributed by atoms with E-state index in [0.717, 1.165) is 11.3 Å². The molecule has 0 atom stereocenters. The highest BCUT2D eigenvalue weighted by Crippen LogP contribution is 2.15. The van der Waals surface area contributed by atoms with E-state index >= 15 is 0 Å². The number of hydrogen-bond acceptors (Lipinski definition) is 2. The van der Waals surface area contributed by atoms with Gasteiger partial charge in [0.05, 0.1) is 6.54 Å². The van der Waals surface area contributed by atoms with E-state index in [-0.39, 0.29) is 5.91 Å². The minimum atomic E-state index is -0.139. The Morgan fingerprint density at radius 2 is 1.82 bits per heavy atom. The lowest BCUT2D eigenvalue weighted by Gasteiger charge is -2.06. The summed E-state index contributed by atoms with van der Waals surface area (Å²) in [4.78, 5) is 11.7. The number of halogens is 1. The van der Waals surface area contributed by atoms with Gasteiger partial charge in [0.2, 0.25) is 5.91 Å². The van der Waals surface area contributed by atoms with Crippen molar-refractivity contribution in [3.63, 3.8) is 0 Å². The summed E-state index contributed by atoms with van der Waals surface area (Å²) in [6, 6.07) is 15.1. The molecule has 0 spiro atoms. The van der Waals surface area contributed by atoms with Gasteiger partial charge in [0.1, 0.15) is 12.4 Å². The van der Waals surface area contributed by atoms with E-state index in [1.807, 2.05) is 31.2 Å². The minimum absolute atomic E-state index is 0.139. The Bertz CT molecular complexity index is 633. The van der Waals surface area contributed by atoms with Gasteiger partial charge < -0.3 is 10.1 Å².